The van der Waals surface area contributed by atoms with E-state index in [0.29, 0.717) is 0 Å². The average molecular weight is 253 g/mol. The fourth-order valence-corrected chi connectivity index (χ4v) is 4.09. The van der Waals surface area contributed by atoms with E-state index < -0.39 is 8.56 Å². The first-order valence-corrected chi connectivity index (χ1v) is 9.08. The largest absolute Gasteiger partial charge is 0.394 e. The molecule has 15 heavy (non-hydrogen) atoms. The highest BCUT2D eigenvalue weighted by Gasteiger charge is 2.30. The number of hydrogen-bond donors (Lipinski definition) is 0. The van der Waals surface area contributed by atoms with Crippen molar-refractivity contribution in [3.63, 3.8) is 0 Å². The molecule has 0 saturated carbocycles. The van der Waals surface area contributed by atoms with Gasteiger partial charge in [0.25, 0.3) is 0 Å². The smallest absolute Gasteiger partial charge is 0.334 e. The lowest BCUT2D eigenvalue weighted by Gasteiger charge is -2.26. The summed E-state index contributed by atoms with van der Waals surface area (Å²) in [5, 5.41) is 0. The number of halogens is 1. The molecule has 0 aliphatic heterocycles. The Kier molecular flexibility index (Phi) is 9.91. The minimum Gasteiger partial charge on any atom is -0.394 e. The van der Waals surface area contributed by atoms with E-state index in [1.54, 1.807) is 0 Å². The molecule has 0 N–H and O–H groups in total. The topological polar surface area (TPSA) is 18.5 Å². The molecule has 4 heteroatoms. The third-order valence-electron chi connectivity index (χ3n) is 2.24. The van der Waals surface area contributed by atoms with Crippen molar-refractivity contribution in [1.82, 2.24) is 0 Å². The van der Waals surface area contributed by atoms with Gasteiger partial charge in [0.2, 0.25) is 0 Å². The molecular formula is C11H25ClO2Si. The molecule has 0 aromatic carbocycles. The van der Waals surface area contributed by atoms with Crippen LogP contribution in [0, 0.1) is 0 Å². The Bertz CT molecular complexity index is 137. The summed E-state index contributed by atoms with van der Waals surface area (Å²) in [5.41, 5.74) is 0. The molecule has 0 amide bonds. The van der Waals surface area contributed by atoms with Gasteiger partial charge < -0.3 is 8.85 Å². The summed E-state index contributed by atoms with van der Waals surface area (Å²) in [6, 6.07) is 1.07. The molecule has 0 unspecified atom stereocenters. The number of hydrogen-bond acceptors (Lipinski definition) is 2. The average Bonchev–Trinajstić information content (AvgIpc) is 2.24. The van der Waals surface area contributed by atoms with Crippen molar-refractivity contribution in [2.24, 2.45) is 0 Å². The third-order valence-corrected chi connectivity index (χ3v) is 5.40. The zero-order valence-electron chi connectivity index (χ0n) is 10.4. The van der Waals surface area contributed by atoms with Crippen molar-refractivity contribution >= 4 is 20.2 Å². The van der Waals surface area contributed by atoms with Gasteiger partial charge in [0, 0.05) is 19.1 Å². The lowest BCUT2D eigenvalue weighted by molar-refractivity contribution is 0.172. The highest BCUT2D eigenvalue weighted by Crippen LogP contribution is 2.18. The Labute approximate surface area is 101 Å². The highest BCUT2D eigenvalue weighted by molar-refractivity contribution is 6.66. The van der Waals surface area contributed by atoms with Crippen molar-refractivity contribution in [3.8, 4) is 0 Å². The highest BCUT2D eigenvalue weighted by atomic mass is 35.5. The Morgan fingerprint density at radius 2 is 1.53 bits per heavy atom. The molecule has 2 nitrogen and oxygen atoms in total. The van der Waals surface area contributed by atoms with E-state index in [9.17, 15) is 0 Å². The van der Waals surface area contributed by atoms with Crippen LogP contribution < -0.4 is 0 Å². The first kappa shape index (κ1) is 15.4. The van der Waals surface area contributed by atoms with Crippen molar-refractivity contribution in [1.29, 1.82) is 0 Å². The molecule has 0 heterocycles. The standard InChI is InChI=1S/C11H25ClO2Si/c1-4-9-13-15(3,14-10-5-2)11-7-6-8-12/h4-11H2,1-3H3. The molecule has 0 aromatic rings. The van der Waals surface area contributed by atoms with Gasteiger partial charge in [0.15, 0.2) is 0 Å². The van der Waals surface area contributed by atoms with Gasteiger partial charge >= 0.3 is 8.56 Å². The van der Waals surface area contributed by atoms with Crippen LogP contribution in [0.2, 0.25) is 12.6 Å². The summed E-state index contributed by atoms with van der Waals surface area (Å²) < 4.78 is 11.8. The number of alkyl halides is 1. The van der Waals surface area contributed by atoms with Crippen molar-refractivity contribution in [2.45, 2.75) is 52.1 Å². The second kappa shape index (κ2) is 9.64. The minimum atomic E-state index is -1.89. The fourth-order valence-electron chi connectivity index (χ4n) is 1.36. The maximum atomic E-state index is 5.90. The van der Waals surface area contributed by atoms with Crippen molar-refractivity contribution in [3.05, 3.63) is 0 Å². The van der Waals surface area contributed by atoms with Gasteiger partial charge in [-0.25, -0.2) is 0 Å². The third kappa shape index (κ3) is 8.26. The van der Waals surface area contributed by atoms with Gasteiger partial charge in [-0.3, -0.25) is 0 Å². The van der Waals surface area contributed by atoms with E-state index in [-0.39, 0.29) is 0 Å². The summed E-state index contributed by atoms with van der Waals surface area (Å²) in [6.07, 6.45) is 4.32. The van der Waals surface area contributed by atoms with Crippen molar-refractivity contribution < 1.29 is 8.85 Å². The Balaban J connectivity index is 3.89. The normalized spacial score (nSPS) is 12.0. The summed E-state index contributed by atoms with van der Waals surface area (Å²) >= 11 is 5.67. The molecule has 0 spiro atoms. The Morgan fingerprint density at radius 3 is 1.93 bits per heavy atom. The van der Waals surface area contributed by atoms with Gasteiger partial charge in [-0.05, 0) is 31.9 Å². The van der Waals surface area contributed by atoms with Gasteiger partial charge in [-0.1, -0.05) is 20.3 Å². The first-order valence-electron chi connectivity index (χ1n) is 6.02. The number of unbranched alkanes of at least 4 members (excludes halogenated alkanes) is 1. The van der Waals surface area contributed by atoms with E-state index in [1.165, 1.54) is 0 Å². The monoisotopic (exact) mass is 252 g/mol. The summed E-state index contributed by atoms with van der Waals surface area (Å²) in [7, 11) is -1.89. The van der Waals surface area contributed by atoms with Gasteiger partial charge in [0.1, 0.15) is 0 Å². The molecule has 0 bridgehead atoms. The predicted molar refractivity (Wildman–Crippen MR) is 68.9 cm³/mol. The Morgan fingerprint density at radius 1 is 1.00 bits per heavy atom. The molecule has 0 atom stereocenters. The van der Waals surface area contributed by atoms with Crippen LogP contribution in [0.15, 0.2) is 0 Å². The molecule has 0 saturated heterocycles. The van der Waals surface area contributed by atoms with E-state index in [0.717, 1.165) is 50.8 Å². The summed E-state index contributed by atoms with van der Waals surface area (Å²) in [6.45, 7) is 8.09. The molecule has 0 fully saturated rings. The molecule has 0 aliphatic rings. The van der Waals surface area contributed by atoms with Gasteiger partial charge in [-0.15, -0.1) is 11.6 Å². The predicted octanol–water partition coefficient (Wildman–Crippen LogP) is 3.93. The van der Waals surface area contributed by atoms with E-state index in [1.807, 2.05) is 0 Å². The van der Waals surface area contributed by atoms with Gasteiger partial charge in [-0.2, -0.15) is 0 Å². The molecule has 0 rings (SSSR count). The van der Waals surface area contributed by atoms with Crippen LogP contribution >= 0.6 is 11.6 Å². The summed E-state index contributed by atoms with van der Waals surface area (Å²) in [5.74, 6) is 0.742. The van der Waals surface area contributed by atoms with Gasteiger partial charge in [0.05, 0.1) is 0 Å². The maximum absolute atomic E-state index is 5.90. The zero-order valence-corrected chi connectivity index (χ0v) is 12.1. The van der Waals surface area contributed by atoms with E-state index in [4.69, 9.17) is 20.5 Å². The van der Waals surface area contributed by atoms with Crippen LogP contribution in [0.5, 0.6) is 0 Å². The van der Waals surface area contributed by atoms with Crippen LogP contribution in [0.3, 0.4) is 0 Å². The molecule has 92 valence electrons. The van der Waals surface area contributed by atoms with Crippen LogP contribution in [-0.4, -0.2) is 27.7 Å². The quantitative estimate of drug-likeness (QED) is 0.333. The second-order valence-corrected chi connectivity index (χ2v) is 7.70. The van der Waals surface area contributed by atoms with Crippen LogP contribution in [-0.2, 0) is 8.85 Å². The minimum absolute atomic E-state index is 0.742. The SMILES string of the molecule is CCCO[Si](C)(CCCCCl)OCCC. The van der Waals surface area contributed by atoms with Crippen LogP contribution in [0.1, 0.15) is 39.5 Å². The molecule has 0 aromatic heterocycles. The molecule has 0 radical (unpaired) electrons. The molecule has 0 aliphatic carbocycles. The van der Waals surface area contributed by atoms with E-state index >= 15 is 0 Å². The van der Waals surface area contributed by atoms with Crippen LogP contribution in [0.4, 0.5) is 0 Å². The molecular weight excluding hydrogens is 228 g/mol. The Hall–Kier alpha value is 0.427. The first-order chi connectivity index (χ1) is 7.18. The van der Waals surface area contributed by atoms with Crippen LogP contribution in [0.25, 0.3) is 0 Å². The zero-order chi connectivity index (χ0) is 11.6. The van der Waals surface area contributed by atoms with E-state index in [2.05, 4.69) is 20.4 Å². The number of rotatable bonds is 10. The lowest BCUT2D eigenvalue weighted by atomic mass is 10.4. The second-order valence-electron chi connectivity index (χ2n) is 3.98. The fraction of sp³-hybridized carbons (Fsp3) is 1.00. The maximum Gasteiger partial charge on any atom is 0.334 e. The summed E-state index contributed by atoms with van der Waals surface area (Å²) in [4.78, 5) is 0. The lowest BCUT2D eigenvalue weighted by Crippen LogP contribution is -2.39. The van der Waals surface area contributed by atoms with Crippen molar-refractivity contribution in [2.75, 3.05) is 19.1 Å².